The number of nitrogens with one attached hydrogen (secondary N) is 1. The van der Waals surface area contributed by atoms with E-state index in [1.165, 1.54) is 43.7 Å². The minimum atomic E-state index is 1.14. The van der Waals surface area contributed by atoms with E-state index in [0.717, 1.165) is 18.8 Å². The molecule has 0 fully saturated rings. The van der Waals surface area contributed by atoms with Gasteiger partial charge in [0, 0.05) is 5.75 Å². The van der Waals surface area contributed by atoms with Crippen LogP contribution in [-0.2, 0) is 5.75 Å². The number of rotatable bonds is 12. The summed E-state index contributed by atoms with van der Waals surface area (Å²) < 4.78 is 0. The maximum absolute atomic E-state index is 3.54. The SMILES string of the molecule is CCCN(C)CCCNCCCSCc1ccccc1. The Bertz CT molecular complexity index is 316. The van der Waals surface area contributed by atoms with Gasteiger partial charge in [-0.3, -0.25) is 0 Å². The van der Waals surface area contributed by atoms with Gasteiger partial charge >= 0.3 is 0 Å². The van der Waals surface area contributed by atoms with E-state index in [2.05, 4.69) is 54.5 Å². The van der Waals surface area contributed by atoms with E-state index in [9.17, 15) is 0 Å². The third-order valence-corrected chi connectivity index (χ3v) is 4.37. The lowest BCUT2D eigenvalue weighted by atomic mass is 10.2. The summed E-state index contributed by atoms with van der Waals surface area (Å²) in [6.07, 6.45) is 3.78. The Morgan fingerprint density at radius 3 is 2.55 bits per heavy atom. The first-order valence-corrected chi connectivity index (χ1v) is 8.99. The average molecular weight is 295 g/mol. The van der Waals surface area contributed by atoms with Crippen LogP contribution in [0.1, 0.15) is 31.7 Å². The molecule has 3 heteroatoms. The van der Waals surface area contributed by atoms with E-state index in [1.807, 2.05) is 11.8 Å². The molecule has 0 aliphatic heterocycles. The third-order valence-electron chi connectivity index (χ3n) is 3.25. The van der Waals surface area contributed by atoms with Gasteiger partial charge < -0.3 is 10.2 Å². The van der Waals surface area contributed by atoms with Crippen LogP contribution in [0.5, 0.6) is 0 Å². The molecule has 0 heterocycles. The van der Waals surface area contributed by atoms with Crippen LogP contribution < -0.4 is 5.32 Å². The summed E-state index contributed by atoms with van der Waals surface area (Å²) in [5, 5.41) is 3.54. The lowest BCUT2D eigenvalue weighted by Crippen LogP contribution is -2.25. The molecule has 0 aliphatic carbocycles. The first kappa shape index (κ1) is 17.5. The van der Waals surface area contributed by atoms with Crippen molar-refractivity contribution in [3.63, 3.8) is 0 Å². The van der Waals surface area contributed by atoms with Gasteiger partial charge in [-0.2, -0.15) is 11.8 Å². The van der Waals surface area contributed by atoms with Crippen molar-refractivity contribution in [1.29, 1.82) is 0 Å². The molecule has 114 valence electrons. The number of hydrogen-bond donors (Lipinski definition) is 1. The molecular formula is C17H30N2S. The van der Waals surface area contributed by atoms with E-state index in [4.69, 9.17) is 0 Å². The standard InChI is InChI=1S/C17H30N2S/c1-3-13-19(2)14-7-11-18-12-8-15-20-16-17-9-5-4-6-10-17/h4-6,9-10,18H,3,7-8,11-16H2,1-2H3. The minimum Gasteiger partial charge on any atom is -0.317 e. The molecule has 0 saturated carbocycles. The highest BCUT2D eigenvalue weighted by Gasteiger charge is 1.96. The highest BCUT2D eigenvalue weighted by atomic mass is 32.2. The quantitative estimate of drug-likeness (QED) is 0.593. The number of thioether (sulfide) groups is 1. The molecule has 0 unspecified atom stereocenters. The van der Waals surface area contributed by atoms with E-state index in [0.29, 0.717) is 0 Å². The molecule has 0 bridgehead atoms. The summed E-state index contributed by atoms with van der Waals surface area (Å²) in [7, 11) is 2.21. The number of benzene rings is 1. The Hall–Kier alpha value is -0.510. The van der Waals surface area contributed by atoms with Crippen LogP contribution in [0, 0.1) is 0 Å². The fourth-order valence-corrected chi connectivity index (χ4v) is 3.08. The highest BCUT2D eigenvalue weighted by molar-refractivity contribution is 7.98. The van der Waals surface area contributed by atoms with Crippen LogP contribution in [0.15, 0.2) is 30.3 Å². The summed E-state index contributed by atoms with van der Waals surface area (Å²) in [6.45, 7) is 6.97. The summed E-state index contributed by atoms with van der Waals surface area (Å²) in [5.74, 6) is 2.39. The lowest BCUT2D eigenvalue weighted by Gasteiger charge is -2.15. The fraction of sp³-hybridized carbons (Fsp3) is 0.647. The Morgan fingerprint density at radius 2 is 1.80 bits per heavy atom. The van der Waals surface area contributed by atoms with Gasteiger partial charge in [-0.25, -0.2) is 0 Å². The van der Waals surface area contributed by atoms with Gasteiger partial charge in [0.25, 0.3) is 0 Å². The van der Waals surface area contributed by atoms with E-state index >= 15 is 0 Å². The minimum absolute atomic E-state index is 1.14. The van der Waals surface area contributed by atoms with Crippen molar-refractivity contribution in [1.82, 2.24) is 10.2 Å². The molecule has 1 N–H and O–H groups in total. The molecule has 20 heavy (non-hydrogen) atoms. The molecule has 0 aliphatic rings. The number of hydrogen-bond acceptors (Lipinski definition) is 3. The van der Waals surface area contributed by atoms with Crippen LogP contribution >= 0.6 is 11.8 Å². The Kier molecular flexibility index (Phi) is 10.7. The Morgan fingerprint density at radius 1 is 1.05 bits per heavy atom. The monoisotopic (exact) mass is 294 g/mol. The maximum Gasteiger partial charge on any atom is 0.0184 e. The zero-order valence-corrected chi connectivity index (χ0v) is 13.9. The molecule has 1 aromatic rings. The van der Waals surface area contributed by atoms with Gasteiger partial charge in [0.1, 0.15) is 0 Å². The molecule has 0 saturated heterocycles. The van der Waals surface area contributed by atoms with Crippen molar-refractivity contribution in [2.24, 2.45) is 0 Å². The fourth-order valence-electron chi connectivity index (χ4n) is 2.16. The van der Waals surface area contributed by atoms with Crippen molar-refractivity contribution in [2.75, 3.05) is 39.0 Å². The summed E-state index contributed by atoms with van der Waals surface area (Å²) >= 11 is 2.03. The van der Waals surface area contributed by atoms with Gasteiger partial charge in [0.15, 0.2) is 0 Å². The first-order valence-electron chi connectivity index (χ1n) is 7.84. The molecular weight excluding hydrogens is 264 g/mol. The van der Waals surface area contributed by atoms with Crippen LogP contribution in [0.2, 0.25) is 0 Å². The van der Waals surface area contributed by atoms with Crippen LogP contribution in [0.25, 0.3) is 0 Å². The molecule has 0 atom stereocenters. The van der Waals surface area contributed by atoms with Crippen LogP contribution in [0.4, 0.5) is 0 Å². The third kappa shape index (κ3) is 9.40. The van der Waals surface area contributed by atoms with Gasteiger partial charge in [-0.1, -0.05) is 37.3 Å². The van der Waals surface area contributed by atoms with Crippen LogP contribution in [-0.4, -0.2) is 43.9 Å². The van der Waals surface area contributed by atoms with Crippen molar-refractivity contribution < 1.29 is 0 Å². The van der Waals surface area contributed by atoms with E-state index in [1.54, 1.807) is 0 Å². The van der Waals surface area contributed by atoms with E-state index in [-0.39, 0.29) is 0 Å². The van der Waals surface area contributed by atoms with Crippen molar-refractivity contribution in [3.8, 4) is 0 Å². The van der Waals surface area contributed by atoms with Gasteiger partial charge in [-0.15, -0.1) is 0 Å². The Balaban J connectivity index is 1.83. The van der Waals surface area contributed by atoms with Crippen LogP contribution in [0.3, 0.4) is 0 Å². The predicted octanol–water partition coefficient (Wildman–Crippen LogP) is 3.63. The maximum atomic E-state index is 3.54. The van der Waals surface area contributed by atoms with Gasteiger partial charge in [0.2, 0.25) is 0 Å². The second-order valence-electron chi connectivity index (χ2n) is 5.30. The molecule has 0 aromatic heterocycles. The summed E-state index contributed by atoms with van der Waals surface area (Å²) in [6, 6.07) is 10.7. The first-order chi connectivity index (χ1) is 9.83. The topological polar surface area (TPSA) is 15.3 Å². The largest absolute Gasteiger partial charge is 0.317 e. The van der Waals surface area contributed by atoms with Crippen molar-refractivity contribution in [2.45, 2.75) is 31.9 Å². The normalized spacial score (nSPS) is 11.2. The lowest BCUT2D eigenvalue weighted by molar-refractivity contribution is 0.327. The molecule has 1 rings (SSSR count). The molecule has 0 amide bonds. The average Bonchev–Trinajstić information content (AvgIpc) is 2.47. The molecule has 0 spiro atoms. The van der Waals surface area contributed by atoms with Crippen molar-refractivity contribution in [3.05, 3.63) is 35.9 Å². The second kappa shape index (κ2) is 12.2. The van der Waals surface area contributed by atoms with E-state index < -0.39 is 0 Å². The molecule has 1 aromatic carbocycles. The van der Waals surface area contributed by atoms with Gasteiger partial charge in [0.05, 0.1) is 0 Å². The second-order valence-corrected chi connectivity index (χ2v) is 6.40. The predicted molar refractivity (Wildman–Crippen MR) is 92.5 cm³/mol. The van der Waals surface area contributed by atoms with Gasteiger partial charge in [-0.05, 0) is 63.8 Å². The smallest absolute Gasteiger partial charge is 0.0184 e. The Labute approximate surface area is 129 Å². The zero-order chi connectivity index (χ0) is 14.5. The highest BCUT2D eigenvalue weighted by Crippen LogP contribution is 2.12. The molecule has 0 radical (unpaired) electrons. The molecule has 2 nitrogen and oxygen atoms in total. The number of nitrogens with zero attached hydrogens (tertiary/aromatic N) is 1. The summed E-state index contributed by atoms with van der Waals surface area (Å²) in [5.41, 5.74) is 1.43. The van der Waals surface area contributed by atoms with Crippen molar-refractivity contribution >= 4 is 11.8 Å². The summed E-state index contributed by atoms with van der Waals surface area (Å²) in [4.78, 5) is 2.41. The zero-order valence-electron chi connectivity index (χ0n) is 13.1.